The molecule has 1 rings (SSSR count). The predicted octanol–water partition coefficient (Wildman–Crippen LogP) is 4.06. The van der Waals surface area contributed by atoms with Gasteiger partial charge >= 0.3 is 0 Å². The Balaban J connectivity index is 2.59. The fourth-order valence-corrected chi connectivity index (χ4v) is 2.30. The third-order valence-electron chi connectivity index (χ3n) is 3.89. The lowest BCUT2D eigenvalue weighted by Gasteiger charge is -2.25. The zero-order valence-electron chi connectivity index (χ0n) is 12.3. The Morgan fingerprint density at radius 1 is 1.44 bits per heavy atom. The van der Waals surface area contributed by atoms with Gasteiger partial charge in [-0.1, -0.05) is 26.8 Å². The summed E-state index contributed by atoms with van der Waals surface area (Å²) in [6.07, 6.45) is 5.41. The fourth-order valence-electron chi connectivity index (χ4n) is 2.30. The number of aliphatic hydroxyl groups is 1. The maximum atomic E-state index is 10.7. The van der Waals surface area contributed by atoms with Gasteiger partial charge in [-0.05, 0) is 43.6 Å². The zero-order valence-corrected chi connectivity index (χ0v) is 12.3. The summed E-state index contributed by atoms with van der Waals surface area (Å²) in [5.74, 6) is 2.00. The Kier molecular flexibility index (Phi) is 5.46. The summed E-state index contributed by atoms with van der Waals surface area (Å²) >= 11 is 0. The van der Waals surface area contributed by atoms with Crippen LogP contribution in [0.4, 0.5) is 0 Å². The van der Waals surface area contributed by atoms with Gasteiger partial charge in [0.2, 0.25) is 0 Å². The molecule has 0 aromatic rings. The van der Waals surface area contributed by atoms with Crippen molar-refractivity contribution in [2.45, 2.75) is 59.0 Å². The summed E-state index contributed by atoms with van der Waals surface area (Å²) in [6.45, 7) is 13.0. The van der Waals surface area contributed by atoms with E-state index in [1.165, 1.54) is 0 Å². The molecule has 104 valence electrons. The van der Waals surface area contributed by atoms with Crippen molar-refractivity contribution in [2.75, 3.05) is 6.61 Å². The van der Waals surface area contributed by atoms with Gasteiger partial charge in [-0.3, -0.25) is 0 Å². The molecule has 0 saturated carbocycles. The van der Waals surface area contributed by atoms with E-state index in [2.05, 4.69) is 27.4 Å². The average molecular weight is 252 g/mol. The molecule has 0 fully saturated rings. The van der Waals surface area contributed by atoms with E-state index in [1.807, 2.05) is 13.0 Å². The molecule has 1 N–H and O–H groups in total. The minimum atomic E-state index is -0.649. The summed E-state index contributed by atoms with van der Waals surface area (Å²) in [7, 11) is 0. The van der Waals surface area contributed by atoms with Crippen molar-refractivity contribution in [2.24, 2.45) is 11.8 Å². The van der Waals surface area contributed by atoms with Gasteiger partial charge in [-0.25, -0.2) is 0 Å². The number of ether oxygens (including phenoxy) is 1. The molecule has 2 atom stereocenters. The van der Waals surface area contributed by atoms with E-state index >= 15 is 0 Å². The maximum Gasteiger partial charge on any atom is 0.0978 e. The second-order valence-electron chi connectivity index (χ2n) is 6.04. The van der Waals surface area contributed by atoms with Crippen LogP contribution in [0.2, 0.25) is 0 Å². The molecule has 1 aliphatic carbocycles. The Hall–Kier alpha value is -0.760. The molecular formula is C16H28O2. The first-order valence-electron chi connectivity index (χ1n) is 7.07. The number of hydrogen-bond acceptors (Lipinski definition) is 2. The molecule has 0 saturated heterocycles. The Labute approximate surface area is 112 Å². The van der Waals surface area contributed by atoms with E-state index in [-0.39, 0.29) is 0 Å². The first kappa shape index (κ1) is 15.3. The molecule has 0 aliphatic heterocycles. The minimum absolute atomic E-state index is 0.461. The maximum absolute atomic E-state index is 10.7. The molecule has 0 aromatic heterocycles. The van der Waals surface area contributed by atoms with Gasteiger partial charge in [0.05, 0.1) is 18.0 Å². The first-order chi connectivity index (χ1) is 8.39. The molecule has 2 unspecified atom stereocenters. The van der Waals surface area contributed by atoms with E-state index in [0.29, 0.717) is 11.8 Å². The largest absolute Gasteiger partial charge is 0.498 e. The first-order valence-corrected chi connectivity index (χ1v) is 7.07. The van der Waals surface area contributed by atoms with Crippen LogP contribution in [0.5, 0.6) is 0 Å². The molecule has 0 aromatic carbocycles. The highest BCUT2D eigenvalue weighted by Crippen LogP contribution is 2.39. The third kappa shape index (κ3) is 3.88. The average Bonchev–Trinajstić information content (AvgIpc) is 2.61. The Bertz CT molecular complexity index is 317. The highest BCUT2D eigenvalue weighted by atomic mass is 16.5. The molecule has 0 spiro atoms. The lowest BCUT2D eigenvalue weighted by Crippen LogP contribution is -2.27. The van der Waals surface area contributed by atoms with Crippen LogP contribution in [0, 0.1) is 11.8 Å². The van der Waals surface area contributed by atoms with Gasteiger partial charge in [0, 0.05) is 6.42 Å². The van der Waals surface area contributed by atoms with Crippen molar-refractivity contribution < 1.29 is 9.84 Å². The summed E-state index contributed by atoms with van der Waals surface area (Å²) in [5, 5.41) is 10.7. The quantitative estimate of drug-likeness (QED) is 0.692. The van der Waals surface area contributed by atoms with E-state index in [4.69, 9.17) is 4.74 Å². The highest BCUT2D eigenvalue weighted by molar-refractivity contribution is 5.24. The van der Waals surface area contributed by atoms with Gasteiger partial charge in [-0.2, -0.15) is 0 Å². The van der Waals surface area contributed by atoms with Crippen molar-refractivity contribution in [3.05, 3.63) is 24.0 Å². The smallest absolute Gasteiger partial charge is 0.0978 e. The van der Waals surface area contributed by atoms with Crippen molar-refractivity contribution in [1.82, 2.24) is 0 Å². The van der Waals surface area contributed by atoms with Crippen molar-refractivity contribution in [3.8, 4) is 0 Å². The SMILES string of the molecule is C=CC(C)CCC1(O)CCC(OCC(C)C)=C1C. The molecule has 2 nitrogen and oxygen atoms in total. The van der Waals surface area contributed by atoms with Crippen LogP contribution in [-0.2, 0) is 4.74 Å². The van der Waals surface area contributed by atoms with Crippen LogP contribution in [0.3, 0.4) is 0 Å². The lowest BCUT2D eigenvalue weighted by atomic mass is 9.88. The molecule has 18 heavy (non-hydrogen) atoms. The van der Waals surface area contributed by atoms with Crippen LogP contribution in [0.25, 0.3) is 0 Å². The Morgan fingerprint density at radius 2 is 2.11 bits per heavy atom. The van der Waals surface area contributed by atoms with Crippen molar-refractivity contribution in [3.63, 3.8) is 0 Å². The molecular weight excluding hydrogens is 224 g/mol. The van der Waals surface area contributed by atoms with E-state index in [9.17, 15) is 5.11 Å². The third-order valence-corrected chi connectivity index (χ3v) is 3.89. The summed E-state index contributed by atoms with van der Waals surface area (Å²) in [4.78, 5) is 0. The zero-order chi connectivity index (χ0) is 13.8. The van der Waals surface area contributed by atoms with Crippen molar-refractivity contribution in [1.29, 1.82) is 0 Å². The normalized spacial score (nSPS) is 25.7. The predicted molar refractivity (Wildman–Crippen MR) is 76.3 cm³/mol. The van der Waals surface area contributed by atoms with Gasteiger partial charge in [0.1, 0.15) is 0 Å². The summed E-state index contributed by atoms with van der Waals surface area (Å²) in [5.41, 5.74) is 0.392. The Morgan fingerprint density at radius 3 is 2.67 bits per heavy atom. The van der Waals surface area contributed by atoms with Gasteiger partial charge in [0.25, 0.3) is 0 Å². The minimum Gasteiger partial charge on any atom is -0.498 e. The molecule has 0 heterocycles. The standard InChI is InChI=1S/C16H28O2/c1-6-13(4)7-9-16(17)10-8-15(14(16)5)18-11-12(2)3/h6,12-13,17H,1,7-11H2,2-5H3. The van der Waals surface area contributed by atoms with E-state index in [1.54, 1.807) is 0 Å². The van der Waals surface area contributed by atoms with Crippen LogP contribution < -0.4 is 0 Å². The summed E-state index contributed by atoms with van der Waals surface area (Å²) < 4.78 is 5.80. The molecule has 0 bridgehead atoms. The molecule has 0 amide bonds. The second kappa shape index (κ2) is 6.42. The lowest BCUT2D eigenvalue weighted by molar-refractivity contribution is 0.0651. The summed E-state index contributed by atoms with van der Waals surface area (Å²) in [6, 6.07) is 0. The molecule has 2 heteroatoms. The second-order valence-corrected chi connectivity index (χ2v) is 6.04. The number of allylic oxidation sites excluding steroid dienone is 2. The highest BCUT2D eigenvalue weighted by Gasteiger charge is 2.37. The number of hydrogen-bond donors (Lipinski definition) is 1. The molecule has 1 aliphatic rings. The monoisotopic (exact) mass is 252 g/mol. The van der Waals surface area contributed by atoms with Gasteiger partial charge in [-0.15, -0.1) is 6.58 Å². The fraction of sp³-hybridized carbons (Fsp3) is 0.750. The van der Waals surface area contributed by atoms with Gasteiger partial charge < -0.3 is 9.84 Å². The number of rotatable bonds is 7. The van der Waals surface area contributed by atoms with Crippen LogP contribution in [-0.4, -0.2) is 17.3 Å². The van der Waals surface area contributed by atoms with Gasteiger partial charge in [0.15, 0.2) is 0 Å². The van der Waals surface area contributed by atoms with E-state index < -0.39 is 5.60 Å². The van der Waals surface area contributed by atoms with E-state index in [0.717, 1.165) is 43.6 Å². The van der Waals surface area contributed by atoms with Crippen molar-refractivity contribution >= 4 is 0 Å². The van der Waals surface area contributed by atoms with Crippen LogP contribution >= 0.6 is 0 Å². The molecule has 0 radical (unpaired) electrons. The topological polar surface area (TPSA) is 29.5 Å². The van der Waals surface area contributed by atoms with Crippen LogP contribution in [0.1, 0.15) is 53.4 Å². The van der Waals surface area contributed by atoms with Crippen LogP contribution in [0.15, 0.2) is 24.0 Å².